The summed E-state index contributed by atoms with van der Waals surface area (Å²) in [6.45, 7) is 0. The Bertz CT molecular complexity index is 1230. The van der Waals surface area contributed by atoms with Gasteiger partial charge in [-0.2, -0.15) is 9.78 Å². The molecule has 0 N–H and O–H groups in total. The van der Waals surface area contributed by atoms with Crippen molar-refractivity contribution >= 4 is 11.7 Å². The van der Waals surface area contributed by atoms with Crippen LogP contribution in [-0.4, -0.2) is 27.8 Å². The summed E-state index contributed by atoms with van der Waals surface area (Å²) in [7, 11) is 1.57. The lowest BCUT2D eigenvalue weighted by molar-refractivity contribution is -0.384. The molecule has 1 aromatic heterocycles. The number of hydrogen-bond acceptors (Lipinski definition) is 6. The van der Waals surface area contributed by atoms with Crippen LogP contribution < -0.4 is 9.47 Å². The van der Waals surface area contributed by atoms with Gasteiger partial charge in [-0.1, -0.05) is 36.4 Å². The molecule has 0 atom stereocenters. The summed E-state index contributed by atoms with van der Waals surface area (Å²) in [6, 6.07) is 23.6. The Morgan fingerprint density at radius 2 is 1.71 bits per heavy atom. The van der Waals surface area contributed by atoms with Crippen LogP contribution in [0.3, 0.4) is 0 Å². The first kappa shape index (κ1) is 19.8. The third-order valence-corrected chi connectivity index (χ3v) is 4.55. The summed E-state index contributed by atoms with van der Waals surface area (Å²) in [4.78, 5) is 23.2. The summed E-state index contributed by atoms with van der Waals surface area (Å²) >= 11 is 0. The third kappa shape index (κ3) is 4.27. The first-order valence-corrected chi connectivity index (χ1v) is 9.32. The largest absolute Gasteiger partial charge is 0.497 e. The maximum atomic E-state index is 12.7. The van der Waals surface area contributed by atoms with Crippen molar-refractivity contribution < 1.29 is 19.2 Å². The maximum absolute atomic E-state index is 12.7. The molecule has 154 valence electrons. The van der Waals surface area contributed by atoms with E-state index in [0.717, 1.165) is 5.56 Å². The van der Waals surface area contributed by atoms with Crippen molar-refractivity contribution in [2.45, 2.75) is 0 Å². The van der Waals surface area contributed by atoms with E-state index >= 15 is 0 Å². The number of hydrogen-bond donors (Lipinski definition) is 0. The number of non-ortho nitro benzene ring substituents is 1. The van der Waals surface area contributed by atoms with E-state index in [2.05, 4.69) is 5.10 Å². The molecule has 0 bridgehead atoms. The number of nitrogens with zero attached hydrogens (tertiary/aromatic N) is 3. The van der Waals surface area contributed by atoms with Crippen molar-refractivity contribution in [1.29, 1.82) is 0 Å². The zero-order chi connectivity index (χ0) is 21.8. The summed E-state index contributed by atoms with van der Waals surface area (Å²) in [5, 5.41) is 15.6. The van der Waals surface area contributed by atoms with Gasteiger partial charge in [0.05, 0.1) is 29.0 Å². The number of benzene rings is 3. The van der Waals surface area contributed by atoms with Gasteiger partial charge in [-0.05, 0) is 30.3 Å². The molecule has 0 amide bonds. The summed E-state index contributed by atoms with van der Waals surface area (Å²) in [6.07, 6.45) is 0. The van der Waals surface area contributed by atoms with Gasteiger partial charge in [0.2, 0.25) is 5.88 Å². The lowest BCUT2D eigenvalue weighted by Crippen LogP contribution is -2.12. The molecule has 0 aliphatic rings. The number of ether oxygens (including phenoxy) is 2. The van der Waals surface area contributed by atoms with Crippen LogP contribution in [0.2, 0.25) is 0 Å². The van der Waals surface area contributed by atoms with E-state index in [9.17, 15) is 14.9 Å². The normalized spacial score (nSPS) is 10.5. The molecule has 0 saturated heterocycles. The number of carbonyl (C=O) groups is 1. The van der Waals surface area contributed by atoms with E-state index in [1.807, 2.05) is 30.3 Å². The Morgan fingerprint density at radius 3 is 2.39 bits per heavy atom. The van der Waals surface area contributed by atoms with Crippen LogP contribution in [0.1, 0.15) is 10.4 Å². The molecular formula is C23H17N3O5. The number of carbonyl (C=O) groups excluding carboxylic acids is 1. The molecule has 0 fully saturated rings. The van der Waals surface area contributed by atoms with Crippen LogP contribution in [0.25, 0.3) is 16.9 Å². The first-order chi connectivity index (χ1) is 15.0. The molecule has 4 aromatic rings. The van der Waals surface area contributed by atoms with E-state index < -0.39 is 10.9 Å². The monoisotopic (exact) mass is 415 g/mol. The molecule has 0 radical (unpaired) electrons. The van der Waals surface area contributed by atoms with Crippen LogP contribution >= 0.6 is 0 Å². The van der Waals surface area contributed by atoms with Crippen molar-refractivity contribution in [1.82, 2.24) is 9.78 Å². The van der Waals surface area contributed by atoms with Gasteiger partial charge in [0.15, 0.2) is 0 Å². The second-order valence-corrected chi connectivity index (χ2v) is 6.54. The topological polar surface area (TPSA) is 96.5 Å². The van der Waals surface area contributed by atoms with Crippen molar-refractivity contribution in [3.05, 3.63) is 101 Å². The number of nitro benzene ring substituents is 1. The first-order valence-electron chi connectivity index (χ1n) is 9.32. The van der Waals surface area contributed by atoms with Gasteiger partial charge in [0, 0.05) is 23.8 Å². The van der Waals surface area contributed by atoms with Crippen molar-refractivity contribution in [2.75, 3.05) is 7.11 Å². The fourth-order valence-corrected chi connectivity index (χ4v) is 3.00. The van der Waals surface area contributed by atoms with Gasteiger partial charge in [-0.3, -0.25) is 10.1 Å². The molecule has 0 saturated carbocycles. The van der Waals surface area contributed by atoms with E-state index in [4.69, 9.17) is 9.47 Å². The molecule has 8 heteroatoms. The van der Waals surface area contributed by atoms with Crippen LogP contribution in [-0.2, 0) is 0 Å². The van der Waals surface area contributed by atoms with E-state index in [1.165, 1.54) is 28.9 Å². The lowest BCUT2D eigenvalue weighted by Gasteiger charge is -2.08. The van der Waals surface area contributed by atoms with E-state index in [0.29, 0.717) is 17.1 Å². The van der Waals surface area contributed by atoms with Crippen LogP contribution in [0.15, 0.2) is 84.9 Å². The zero-order valence-corrected chi connectivity index (χ0v) is 16.5. The Hall–Kier alpha value is -4.46. The average Bonchev–Trinajstić information content (AvgIpc) is 3.23. The molecule has 8 nitrogen and oxygen atoms in total. The average molecular weight is 415 g/mol. The smallest absolute Gasteiger partial charge is 0.345 e. The summed E-state index contributed by atoms with van der Waals surface area (Å²) in [5.74, 6) is 0.132. The van der Waals surface area contributed by atoms with E-state index in [1.54, 1.807) is 37.4 Å². The van der Waals surface area contributed by atoms with Gasteiger partial charge >= 0.3 is 5.97 Å². The van der Waals surface area contributed by atoms with E-state index in [-0.39, 0.29) is 17.1 Å². The Kier molecular flexibility index (Phi) is 5.44. The van der Waals surface area contributed by atoms with Crippen LogP contribution in [0, 0.1) is 10.1 Å². The third-order valence-electron chi connectivity index (χ3n) is 4.55. The molecule has 0 spiro atoms. The SMILES string of the molecule is COc1ccc(-n2nc(-c3ccccc3)cc2OC(=O)c2cccc([N+](=O)[O-])c2)cc1. The molecule has 3 aromatic carbocycles. The molecule has 0 unspecified atom stereocenters. The Balaban J connectivity index is 1.72. The van der Waals surface area contributed by atoms with Crippen LogP contribution in [0.4, 0.5) is 5.69 Å². The van der Waals surface area contributed by atoms with Crippen molar-refractivity contribution in [3.8, 4) is 28.6 Å². The number of nitro groups is 1. The predicted molar refractivity (Wildman–Crippen MR) is 114 cm³/mol. The molecule has 0 aliphatic heterocycles. The Morgan fingerprint density at radius 1 is 0.968 bits per heavy atom. The van der Waals surface area contributed by atoms with Crippen LogP contribution in [0.5, 0.6) is 11.6 Å². The van der Waals surface area contributed by atoms with Gasteiger partial charge in [0.1, 0.15) is 5.75 Å². The highest BCUT2D eigenvalue weighted by molar-refractivity contribution is 5.91. The second-order valence-electron chi connectivity index (χ2n) is 6.54. The number of methoxy groups -OCH3 is 1. The molecule has 0 aliphatic carbocycles. The number of esters is 1. The Labute approximate surface area is 177 Å². The van der Waals surface area contributed by atoms with Gasteiger partial charge in [0.25, 0.3) is 5.69 Å². The number of rotatable bonds is 6. The van der Waals surface area contributed by atoms with Crippen molar-refractivity contribution in [2.24, 2.45) is 0 Å². The lowest BCUT2D eigenvalue weighted by atomic mass is 10.2. The van der Waals surface area contributed by atoms with Gasteiger partial charge < -0.3 is 9.47 Å². The fraction of sp³-hybridized carbons (Fsp3) is 0.0435. The number of aromatic nitrogens is 2. The molecule has 31 heavy (non-hydrogen) atoms. The molecular weight excluding hydrogens is 398 g/mol. The molecule has 1 heterocycles. The highest BCUT2D eigenvalue weighted by atomic mass is 16.6. The van der Waals surface area contributed by atoms with Gasteiger partial charge in [-0.25, -0.2) is 4.79 Å². The minimum Gasteiger partial charge on any atom is -0.497 e. The summed E-state index contributed by atoms with van der Waals surface area (Å²) in [5.41, 5.74) is 1.99. The summed E-state index contributed by atoms with van der Waals surface area (Å²) < 4.78 is 12.3. The maximum Gasteiger partial charge on any atom is 0.345 e. The van der Waals surface area contributed by atoms with Crippen molar-refractivity contribution in [3.63, 3.8) is 0 Å². The highest BCUT2D eigenvalue weighted by Gasteiger charge is 2.19. The highest BCUT2D eigenvalue weighted by Crippen LogP contribution is 2.28. The molecule has 4 rings (SSSR count). The standard InChI is InChI=1S/C23H17N3O5/c1-30-20-12-10-18(11-13-20)25-22(15-21(24-25)16-6-3-2-4-7-16)31-23(27)17-8-5-9-19(14-17)26(28)29/h2-15H,1H3. The minimum absolute atomic E-state index is 0.0675. The zero-order valence-electron chi connectivity index (χ0n) is 16.5. The predicted octanol–water partition coefficient (Wildman–Crippen LogP) is 4.68. The second kappa shape index (κ2) is 8.50. The quantitative estimate of drug-likeness (QED) is 0.258. The van der Waals surface area contributed by atoms with Gasteiger partial charge in [-0.15, -0.1) is 0 Å². The minimum atomic E-state index is -0.724. The fourth-order valence-electron chi connectivity index (χ4n) is 3.00.